The maximum absolute atomic E-state index is 5.20. The molecule has 0 aromatic rings. The van der Waals surface area contributed by atoms with Gasteiger partial charge in [0, 0.05) is 13.7 Å². The highest BCUT2D eigenvalue weighted by molar-refractivity contribution is 4.73. The van der Waals surface area contributed by atoms with Gasteiger partial charge in [0.2, 0.25) is 0 Å². The predicted octanol–water partition coefficient (Wildman–Crippen LogP) is 0.631. The summed E-state index contributed by atoms with van der Waals surface area (Å²) in [4.78, 5) is 0. The van der Waals surface area contributed by atoms with Crippen molar-refractivity contribution in [2.45, 2.75) is 19.4 Å². The molecule has 1 rings (SSSR count). The van der Waals surface area contributed by atoms with Crippen LogP contribution in [0.3, 0.4) is 0 Å². The molecule has 1 fully saturated rings. The first-order valence-corrected chi connectivity index (χ1v) is 3.56. The van der Waals surface area contributed by atoms with Crippen molar-refractivity contribution in [3.63, 3.8) is 0 Å². The Morgan fingerprint density at radius 2 is 2.22 bits per heavy atom. The van der Waals surface area contributed by atoms with Gasteiger partial charge < -0.3 is 10.1 Å². The summed E-state index contributed by atoms with van der Waals surface area (Å²) in [7, 11) is 1.78. The van der Waals surface area contributed by atoms with Crippen LogP contribution in [0.5, 0.6) is 0 Å². The summed E-state index contributed by atoms with van der Waals surface area (Å²) in [5.41, 5.74) is 0. The van der Waals surface area contributed by atoms with Crippen molar-refractivity contribution in [2.75, 3.05) is 20.2 Å². The van der Waals surface area contributed by atoms with E-state index in [2.05, 4.69) is 12.2 Å². The molecule has 2 heteroatoms. The second kappa shape index (κ2) is 3.18. The molecule has 0 aromatic carbocycles. The minimum atomic E-state index is 0.453. The van der Waals surface area contributed by atoms with E-state index in [1.807, 2.05) is 0 Å². The summed E-state index contributed by atoms with van der Waals surface area (Å²) in [6, 6.07) is 0. The van der Waals surface area contributed by atoms with Gasteiger partial charge in [0.05, 0.1) is 6.10 Å². The minimum absolute atomic E-state index is 0.453. The fourth-order valence-corrected chi connectivity index (χ4v) is 1.29. The van der Waals surface area contributed by atoms with Crippen LogP contribution >= 0.6 is 0 Å². The van der Waals surface area contributed by atoms with Crippen molar-refractivity contribution < 1.29 is 4.74 Å². The Hall–Kier alpha value is -0.0800. The van der Waals surface area contributed by atoms with E-state index >= 15 is 0 Å². The Bertz CT molecular complexity index is 85.0. The van der Waals surface area contributed by atoms with Crippen LogP contribution in [0.2, 0.25) is 0 Å². The van der Waals surface area contributed by atoms with Crippen LogP contribution in [0.15, 0.2) is 0 Å². The molecule has 54 valence electrons. The van der Waals surface area contributed by atoms with Crippen molar-refractivity contribution in [1.82, 2.24) is 5.32 Å². The van der Waals surface area contributed by atoms with Crippen LogP contribution in [0.4, 0.5) is 0 Å². The molecule has 0 aromatic heterocycles. The largest absolute Gasteiger partial charge is 0.380 e. The maximum atomic E-state index is 5.20. The van der Waals surface area contributed by atoms with E-state index < -0.39 is 0 Å². The van der Waals surface area contributed by atoms with E-state index in [4.69, 9.17) is 4.74 Å². The van der Waals surface area contributed by atoms with Crippen molar-refractivity contribution in [3.8, 4) is 0 Å². The SMILES string of the molecule is COC1CNCC(C)C1. The number of methoxy groups -OCH3 is 1. The Kier molecular flexibility index (Phi) is 2.49. The molecule has 2 nitrogen and oxygen atoms in total. The molecule has 0 aliphatic carbocycles. The molecule has 1 saturated heterocycles. The quantitative estimate of drug-likeness (QED) is 0.560. The Morgan fingerprint density at radius 3 is 2.67 bits per heavy atom. The zero-order chi connectivity index (χ0) is 6.69. The van der Waals surface area contributed by atoms with E-state index in [-0.39, 0.29) is 0 Å². The smallest absolute Gasteiger partial charge is 0.0698 e. The summed E-state index contributed by atoms with van der Waals surface area (Å²) in [5.74, 6) is 0.781. The molecule has 0 saturated carbocycles. The third kappa shape index (κ3) is 1.95. The van der Waals surface area contributed by atoms with Gasteiger partial charge in [-0.1, -0.05) is 6.92 Å². The topological polar surface area (TPSA) is 21.3 Å². The zero-order valence-corrected chi connectivity index (χ0v) is 6.18. The number of nitrogens with one attached hydrogen (secondary N) is 1. The molecule has 0 spiro atoms. The highest BCUT2D eigenvalue weighted by Crippen LogP contribution is 2.10. The van der Waals surface area contributed by atoms with E-state index in [1.165, 1.54) is 6.42 Å². The molecular formula is C7H15NO. The third-order valence-electron chi connectivity index (χ3n) is 1.86. The molecule has 9 heavy (non-hydrogen) atoms. The second-order valence-electron chi connectivity index (χ2n) is 2.86. The van der Waals surface area contributed by atoms with Gasteiger partial charge in [-0.15, -0.1) is 0 Å². The normalized spacial score (nSPS) is 36.7. The van der Waals surface area contributed by atoms with Crippen LogP contribution in [0.25, 0.3) is 0 Å². The van der Waals surface area contributed by atoms with E-state index in [1.54, 1.807) is 7.11 Å². The fourth-order valence-electron chi connectivity index (χ4n) is 1.29. The van der Waals surface area contributed by atoms with Crippen LogP contribution in [-0.2, 0) is 4.74 Å². The summed E-state index contributed by atoms with van der Waals surface area (Å²) in [6.45, 7) is 4.43. The molecule has 1 N–H and O–H groups in total. The van der Waals surface area contributed by atoms with Gasteiger partial charge in [0.1, 0.15) is 0 Å². The predicted molar refractivity (Wildman–Crippen MR) is 37.4 cm³/mol. The Balaban J connectivity index is 2.23. The first kappa shape index (κ1) is 7.03. The van der Waals surface area contributed by atoms with Crippen LogP contribution in [-0.4, -0.2) is 26.3 Å². The lowest BCUT2D eigenvalue weighted by molar-refractivity contribution is 0.0650. The monoisotopic (exact) mass is 129 g/mol. The average molecular weight is 129 g/mol. The number of piperidine rings is 1. The van der Waals surface area contributed by atoms with Gasteiger partial charge in [-0.3, -0.25) is 0 Å². The minimum Gasteiger partial charge on any atom is -0.380 e. The number of hydrogen-bond acceptors (Lipinski definition) is 2. The molecule has 0 radical (unpaired) electrons. The summed E-state index contributed by atoms with van der Waals surface area (Å²) in [6.07, 6.45) is 1.66. The zero-order valence-electron chi connectivity index (χ0n) is 6.18. The lowest BCUT2D eigenvalue weighted by Crippen LogP contribution is -2.39. The Morgan fingerprint density at radius 1 is 1.44 bits per heavy atom. The molecule has 2 unspecified atom stereocenters. The van der Waals surface area contributed by atoms with Gasteiger partial charge in [-0.2, -0.15) is 0 Å². The lowest BCUT2D eigenvalue weighted by Gasteiger charge is -2.26. The second-order valence-corrected chi connectivity index (χ2v) is 2.86. The molecule has 1 heterocycles. The molecule has 0 bridgehead atoms. The van der Waals surface area contributed by atoms with Gasteiger partial charge in [-0.05, 0) is 18.9 Å². The van der Waals surface area contributed by atoms with E-state index in [9.17, 15) is 0 Å². The van der Waals surface area contributed by atoms with Gasteiger partial charge >= 0.3 is 0 Å². The first-order chi connectivity index (χ1) is 4.33. The van der Waals surface area contributed by atoms with E-state index in [0.29, 0.717) is 6.10 Å². The number of hydrogen-bond donors (Lipinski definition) is 1. The van der Waals surface area contributed by atoms with Gasteiger partial charge in [-0.25, -0.2) is 0 Å². The van der Waals surface area contributed by atoms with E-state index in [0.717, 1.165) is 19.0 Å². The summed E-state index contributed by atoms with van der Waals surface area (Å²) < 4.78 is 5.20. The van der Waals surface area contributed by atoms with Crippen LogP contribution < -0.4 is 5.32 Å². The molecule has 1 aliphatic rings. The first-order valence-electron chi connectivity index (χ1n) is 3.56. The van der Waals surface area contributed by atoms with Crippen molar-refractivity contribution >= 4 is 0 Å². The van der Waals surface area contributed by atoms with Crippen molar-refractivity contribution in [3.05, 3.63) is 0 Å². The summed E-state index contributed by atoms with van der Waals surface area (Å²) >= 11 is 0. The van der Waals surface area contributed by atoms with Crippen molar-refractivity contribution in [2.24, 2.45) is 5.92 Å². The highest BCUT2D eigenvalue weighted by atomic mass is 16.5. The fraction of sp³-hybridized carbons (Fsp3) is 1.00. The number of rotatable bonds is 1. The molecule has 0 amide bonds. The van der Waals surface area contributed by atoms with Crippen molar-refractivity contribution in [1.29, 1.82) is 0 Å². The lowest BCUT2D eigenvalue weighted by atomic mass is 10.00. The number of ether oxygens (including phenoxy) is 1. The highest BCUT2D eigenvalue weighted by Gasteiger charge is 2.16. The third-order valence-corrected chi connectivity index (χ3v) is 1.86. The molecule has 1 aliphatic heterocycles. The van der Waals surface area contributed by atoms with Crippen LogP contribution in [0, 0.1) is 5.92 Å². The standard InChI is InChI=1S/C7H15NO/c1-6-3-7(9-2)5-8-4-6/h6-8H,3-5H2,1-2H3. The molecule has 2 atom stereocenters. The summed E-state index contributed by atoms with van der Waals surface area (Å²) in [5, 5.41) is 3.31. The molecular weight excluding hydrogens is 114 g/mol. The van der Waals surface area contributed by atoms with Gasteiger partial charge in [0.25, 0.3) is 0 Å². The average Bonchev–Trinajstić information content (AvgIpc) is 1.88. The Labute approximate surface area is 56.6 Å². The maximum Gasteiger partial charge on any atom is 0.0698 e. The van der Waals surface area contributed by atoms with Gasteiger partial charge in [0.15, 0.2) is 0 Å². The van der Waals surface area contributed by atoms with Crippen LogP contribution in [0.1, 0.15) is 13.3 Å².